The number of benzene rings is 3. The molecule has 2 atom stereocenters. The Labute approximate surface area is 194 Å². The molecule has 1 aliphatic rings. The summed E-state index contributed by atoms with van der Waals surface area (Å²) in [5.41, 5.74) is 2.14. The normalized spacial score (nSPS) is 18.3. The standard InChI is InChI=1S/C28H27NO4/c1-32-23-15-13-22(14-16-23)26(30)19-24(20-9-5-3-6-10-20)28(27(31)33-2)18-17-25(29-28)21-11-7-4-8-12-21/h3-16,24H,17-19H2,1-2H3/t24-,28+/m1/s1. The number of Topliss-reactive ketones (excluding diaryl/α,β-unsaturated/α-hetero) is 1. The molecule has 0 radical (unpaired) electrons. The Balaban J connectivity index is 1.76. The van der Waals surface area contributed by atoms with Crippen LogP contribution in [0.3, 0.4) is 0 Å². The van der Waals surface area contributed by atoms with E-state index < -0.39 is 17.4 Å². The number of methoxy groups -OCH3 is 2. The van der Waals surface area contributed by atoms with Gasteiger partial charge in [-0.1, -0.05) is 60.7 Å². The van der Waals surface area contributed by atoms with Crippen LogP contribution >= 0.6 is 0 Å². The molecule has 0 fully saturated rings. The molecule has 4 rings (SSSR count). The number of ether oxygens (including phenoxy) is 2. The number of carbonyl (C=O) groups is 2. The van der Waals surface area contributed by atoms with Crippen molar-refractivity contribution in [3.63, 3.8) is 0 Å². The zero-order chi connectivity index (χ0) is 23.3. The van der Waals surface area contributed by atoms with E-state index in [0.717, 1.165) is 16.8 Å². The lowest BCUT2D eigenvalue weighted by molar-refractivity contribution is -0.147. The zero-order valence-electron chi connectivity index (χ0n) is 18.9. The van der Waals surface area contributed by atoms with E-state index in [1.807, 2.05) is 60.7 Å². The molecule has 5 heteroatoms. The van der Waals surface area contributed by atoms with Gasteiger partial charge in [0.25, 0.3) is 0 Å². The van der Waals surface area contributed by atoms with Gasteiger partial charge in [-0.15, -0.1) is 0 Å². The van der Waals surface area contributed by atoms with E-state index in [4.69, 9.17) is 14.5 Å². The fourth-order valence-electron chi connectivity index (χ4n) is 4.55. The van der Waals surface area contributed by atoms with Crippen molar-refractivity contribution in [1.29, 1.82) is 0 Å². The minimum atomic E-state index is -1.16. The van der Waals surface area contributed by atoms with Crippen molar-refractivity contribution in [2.75, 3.05) is 14.2 Å². The summed E-state index contributed by atoms with van der Waals surface area (Å²) in [6, 6.07) is 26.5. The van der Waals surface area contributed by atoms with Crippen LogP contribution in [0.1, 0.15) is 46.7 Å². The molecule has 1 heterocycles. The minimum absolute atomic E-state index is 0.0573. The van der Waals surface area contributed by atoms with Crippen molar-refractivity contribution >= 4 is 17.5 Å². The average molecular weight is 442 g/mol. The quantitative estimate of drug-likeness (QED) is 0.354. The molecule has 0 aromatic heterocycles. The average Bonchev–Trinajstić information content (AvgIpc) is 3.34. The lowest BCUT2D eigenvalue weighted by atomic mass is 9.74. The van der Waals surface area contributed by atoms with Gasteiger partial charge in [-0.25, -0.2) is 4.79 Å². The van der Waals surface area contributed by atoms with Crippen molar-refractivity contribution in [2.24, 2.45) is 4.99 Å². The summed E-state index contributed by atoms with van der Waals surface area (Å²) in [6.45, 7) is 0. The van der Waals surface area contributed by atoms with Gasteiger partial charge < -0.3 is 9.47 Å². The smallest absolute Gasteiger partial charge is 0.334 e. The van der Waals surface area contributed by atoms with Crippen LogP contribution in [0.4, 0.5) is 0 Å². The number of carbonyl (C=O) groups excluding carboxylic acids is 2. The number of aliphatic imine (C=N–C) groups is 1. The monoisotopic (exact) mass is 441 g/mol. The number of rotatable bonds is 8. The number of hydrogen-bond acceptors (Lipinski definition) is 5. The Morgan fingerprint density at radius 1 is 0.909 bits per heavy atom. The molecule has 3 aromatic carbocycles. The van der Waals surface area contributed by atoms with Crippen LogP contribution in [-0.4, -0.2) is 37.2 Å². The predicted molar refractivity (Wildman–Crippen MR) is 128 cm³/mol. The lowest BCUT2D eigenvalue weighted by Crippen LogP contribution is -2.43. The second-order valence-electron chi connectivity index (χ2n) is 8.16. The Morgan fingerprint density at radius 2 is 1.55 bits per heavy atom. The molecule has 0 saturated heterocycles. The summed E-state index contributed by atoms with van der Waals surface area (Å²) in [5, 5.41) is 0. The maximum Gasteiger partial charge on any atom is 0.334 e. The van der Waals surface area contributed by atoms with Gasteiger partial charge in [0, 0.05) is 23.6 Å². The van der Waals surface area contributed by atoms with Gasteiger partial charge in [-0.2, -0.15) is 0 Å². The SMILES string of the molecule is COC(=O)[C@@]1([C@H](CC(=O)c2ccc(OC)cc2)c2ccccc2)CCC(c2ccccc2)=N1. The van der Waals surface area contributed by atoms with Crippen molar-refractivity contribution in [3.8, 4) is 5.75 Å². The first-order valence-electron chi connectivity index (χ1n) is 11.0. The molecule has 3 aromatic rings. The summed E-state index contributed by atoms with van der Waals surface area (Å²) in [7, 11) is 2.97. The van der Waals surface area contributed by atoms with Gasteiger partial charge in [0.2, 0.25) is 0 Å². The van der Waals surface area contributed by atoms with Crippen LogP contribution in [0.25, 0.3) is 0 Å². The summed E-state index contributed by atoms with van der Waals surface area (Å²) in [4.78, 5) is 31.6. The van der Waals surface area contributed by atoms with Gasteiger partial charge in [0.15, 0.2) is 11.3 Å². The molecule has 0 bridgehead atoms. The molecular formula is C28H27NO4. The van der Waals surface area contributed by atoms with Crippen LogP contribution in [0, 0.1) is 0 Å². The molecule has 0 spiro atoms. The molecule has 33 heavy (non-hydrogen) atoms. The molecule has 0 unspecified atom stereocenters. The summed E-state index contributed by atoms with van der Waals surface area (Å²) in [5.74, 6) is -0.241. The first-order valence-corrected chi connectivity index (χ1v) is 11.0. The van der Waals surface area contributed by atoms with Crippen molar-refractivity contribution in [1.82, 2.24) is 0 Å². The third kappa shape index (κ3) is 4.58. The largest absolute Gasteiger partial charge is 0.497 e. The minimum Gasteiger partial charge on any atom is -0.497 e. The zero-order valence-corrected chi connectivity index (χ0v) is 18.9. The fourth-order valence-corrected chi connectivity index (χ4v) is 4.55. The second-order valence-corrected chi connectivity index (χ2v) is 8.16. The Bertz CT molecular complexity index is 1140. The number of esters is 1. The van der Waals surface area contributed by atoms with Crippen LogP contribution in [-0.2, 0) is 9.53 Å². The molecular weight excluding hydrogens is 414 g/mol. The molecule has 5 nitrogen and oxygen atoms in total. The molecule has 0 N–H and O–H groups in total. The third-order valence-corrected chi connectivity index (χ3v) is 6.30. The van der Waals surface area contributed by atoms with E-state index in [2.05, 4.69) is 0 Å². The van der Waals surface area contributed by atoms with Gasteiger partial charge in [0.1, 0.15) is 5.75 Å². The van der Waals surface area contributed by atoms with Crippen molar-refractivity contribution in [2.45, 2.75) is 30.7 Å². The Hall–Kier alpha value is -3.73. The van der Waals surface area contributed by atoms with Crippen LogP contribution in [0.5, 0.6) is 5.75 Å². The van der Waals surface area contributed by atoms with E-state index in [1.54, 1.807) is 31.4 Å². The van der Waals surface area contributed by atoms with Crippen molar-refractivity contribution < 1.29 is 19.1 Å². The highest BCUT2D eigenvalue weighted by atomic mass is 16.5. The molecule has 0 aliphatic carbocycles. The third-order valence-electron chi connectivity index (χ3n) is 6.30. The van der Waals surface area contributed by atoms with Gasteiger partial charge in [-0.3, -0.25) is 9.79 Å². The maximum absolute atomic E-state index is 13.3. The van der Waals surface area contributed by atoms with Crippen molar-refractivity contribution in [3.05, 3.63) is 102 Å². The molecule has 168 valence electrons. The Kier molecular flexibility index (Phi) is 6.68. The van der Waals surface area contributed by atoms with Gasteiger partial charge in [-0.05, 0) is 48.2 Å². The number of ketones is 1. The van der Waals surface area contributed by atoms with E-state index in [1.165, 1.54) is 7.11 Å². The highest BCUT2D eigenvalue weighted by Gasteiger charge is 2.51. The molecule has 1 aliphatic heterocycles. The lowest BCUT2D eigenvalue weighted by Gasteiger charge is -2.32. The Morgan fingerprint density at radius 3 is 2.15 bits per heavy atom. The first kappa shape index (κ1) is 22.5. The summed E-state index contributed by atoms with van der Waals surface area (Å²) < 4.78 is 10.5. The first-order chi connectivity index (χ1) is 16.1. The predicted octanol–water partition coefficient (Wildman–Crippen LogP) is 5.25. The molecule has 0 amide bonds. The van der Waals surface area contributed by atoms with Crippen LogP contribution < -0.4 is 4.74 Å². The number of hydrogen-bond donors (Lipinski definition) is 0. The topological polar surface area (TPSA) is 65.0 Å². The van der Waals surface area contributed by atoms with E-state index in [-0.39, 0.29) is 12.2 Å². The highest BCUT2D eigenvalue weighted by molar-refractivity contribution is 6.05. The van der Waals surface area contributed by atoms with E-state index in [9.17, 15) is 9.59 Å². The highest BCUT2D eigenvalue weighted by Crippen LogP contribution is 2.44. The second kappa shape index (κ2) is 9.82. The summed E-state index contributed by atoms with van der Waals surface area (Å²) in [6.07, 6.45) is 1.26. The van der Waals surface area contributed by atoms with Gasteiger partial charge >= 0.3 is 5.97 Å². The fraction of sp³-hybridized carbons (Fsp3) is 0.250. The summed E-state index contributed by atoms with van der Waals surface area (Å²) >= 11 is 0. The maximum atomic E-state index is 13.3. The van der Waals surface area contributed by atoms with Crippen LogP contribution in [0.2, 0.25) is 0 Å². The van der Waals surface area contributed by atoms with Crippen LogP contribution in [0.15, 0.2) is 89.9 Å². The van der Waals surface area contributed by atoms with E-state index >= 15 is 0 Å². The van der Waals surface area contributed by atoms with Gasteiger partial charge in [0.05, 0.1) is 14.2 Å². The number of nitrogens with zero attached hydrogens (tertiary/aromatic N) is 1. The van der Waals surface area contributed by atoms with E-state index in [0.29, 0.717) is 24.2 Å². The molecule has 0 saturated carbocycles.